The first-order valence-corrected chi connectivity index (χ1v) is 14.7. The van der Waals surface area contributed by atoms with Crippen LogP contribution in [0.5, 0.6) is 0 Å². The maximum atomic E-state index is 13.9. The molecule has 0 bridgehead atoms. The number of rotatable bonds is 1. The number of benzene rings is 1. The summed E-state index contributed by atoms with van der Waals surface area (Å²) in [6.45, 7) is -3.09. The van der Waals surface area contributed by atoms with Gasteiger partial charge in [-0.25, -0.2) is 0 Å². The van der Waals surface area contributed by atoms with Crippen molar-refractivity contribution < 1.29 is 10.9 Å². The molecule has 0 aliphatic carbocycles. The molecular weight excluding hydrogens is 347 g/mol. The van der Waals surface area contributed by atoms with Crippen LogP contribution in [-0.4, -0.2) is 0 Å². The molecule has 0 saturated carbocycles. The molecule has 11 rings (SSSR count). The summed E-state index contributed by atoms with van der Waals surface area (Å²) < 4.78 is 15.8. The van der Waals surface area contributed by atoms with Crippen LogP contribution in [0.3, 0.4) is 0 Å². The normalized spacial score (nSPS) is 108. The Morgan fingerprint density at radius 2 is 1.53 bits per heavy atom. The van der Waals surface area contributed by atoms with Gasteiger partial charge in [0.15, 0.2) is 0 Å². The first-order valence-electron chi connectivity index (χ1n) is 7.62. The van der Waals surface area contributed by atoms with Crippen molar-refractivity contribution >= 4 is 15.9 Å². The van der Waals surface area contributed by atoms with Gasteiger partial charge in [0.2, 0.25) is 0 Å². The van der Waals surface area contributed by atoms with Crippen molar-refractivity contribution in [1.82, 2.24) is 0 Å². The summed E-state index contributed by atoms with van der Waals surface area (Å²) in [7, 11) is 0. The molecule has 1 aromatic rings. The predicted octanol–water partition coefficient (Wildman–Crippen LogP) is 5.38. The van der Waals surface area contributed by atoms with Gasteiger partial charge in [0.25, 0.3) is 0 Å². The van der Waals surface area contributed by atoms with Crippen LogP contribution in [0.1, 0.15) is 5.56 Å². The van der Waals surface area contributed by atoms with E-state index in [9.17, 15) is 4.39 Å². The molecule has 0 nitrogen and oxygen atoms in total. The molecule has 10 heterocycles. The van der Waals surface area contributed by atoms with E-state index in [4.69, 9.17) is 0 Å². The summed E-state index contributed by atoms with van der Waals surface area (Å²) >= 11 is 3.80. The van der Waals surface area contributed by atoms with Crippen LogP contribution < -0.4 is 0 Å². The molecule has 1 aromatic carbocycles. The van der Waals surface area contributed by atoms with Crippen molar-refractivity contribution in [3.8, 4) is 0 Å². The molecule has 10 fully saturated rings. The second-order valence-electron chi connectivity index (χ2n) is 11.3. The monoisotopic (exact) mass is 358 g/mol. The Labute approximate surface area is 108 Å². The summed E-state index contributed by atoms with van der Waals surface area (Å²) in [4.78, 5) is 11.7. The van der Waals surface area contributed by atoms with Gasteiger partial charge in [0.05, 0.1) is 0 Å². The third-order valence-electron chi connectivity index (χ3n) is 16.0. The standard InChI is InChI=1S/C11H7BrF.C5H5.Fe/c12-11-6-5-9(13)7-10(11)8-3-1-2-4-8;1-2-4-5-3-1;/h1-7H;1-5H;. The molecule has 4 unspecified atom stereocenters. The predicted molar refractivity (Wildman–Crippen MR) is 69.5 cm³/mol. The first-order chi connectivity index (χ1) is 8.96. The van der Waals surface area contributed by atoms with Crippen molar-refractivity contribution in [3.63, 3.8) is 0 Å². The second-order valence-corrected chi connectivity index (χ2v) is 35.7. The van der Waals surface area contributed by atoms with Gasteiger partial charge in [-0.3, -0.25) is 0 Å². The molecule has 19 heavy (non-hydrogen) atoms. The minimum atomic E-state index is -3.09. The first kappa shape index (κ1) is 7.42. The van der Waals surface area contributed by atoms with Gasteiger partial charge in [-0.15, -0.1) is 0 Å². The van der Waals surface area contributed by atoms with Crippen molar-refractivity contribution in [1.29, 1.82) is 0 Å². The molecule has 0 N–H and O–H groups in total. The van der Waals surface area contributed by atoms with E-state index < -0.39 is 6.51 Å². The van der Waals surface area contributed by atoms with Crippen LogP contribution in [0.2, 0.25) is 43.3 Å². The van der Waals surface area contributed by atoms with E-state index in [-0.39, 0.29) is 5.82 Å². The minimum absolute atomic E-state index is 0.00849. The average Bonchev–Trinajstić information content (AvgIpc) is 3.35. The quantitative estimate of drug-likeness (QED) is 0.591. The number of hydrogen-bond donors (Lipinski definition) is 0. The van der Waals surface area contributed by atoms with E-state index in [2.05, 4.69) is 15.9 Å². The number of halogens is 2. The Bertz CT molecular complexity index is 1140. The van der Waals surface area contributed by atoms with Gasteiger partial charge in [0.1, 0.15) is 0 Å². The molecule has 10 aliphatic rings. The molecule has 3 heteroatoms. The van der Waals surface area contributed by atoms with Gasteiger partial charge in [-0.1, -0.05) is 0 Å². The Kier molecular flexibility index (Phi) is 0.257. The third-order valence-corrected chi connectivity index (χ3v) is 59.1. The van der Waals surface area contributed by atoms with Gasteiger partial charge in [-0.05, 0) is 0 Å². The summed E-state index contributed by atoms with van der Waals surface area (Å²) in [6.07, 6.45) is 0. The second kappa shape index (κ2) is 0.657. The van der Waals surface area contributed by atoms with E-state index in [0.717, 1.165) is 0 Å². The van der Waals surface area contributed by atoms with Gasteiger partial charge in [0, 0.05) is 0 Å². The van der Waals surface area contributed by atoms with E-state index in [1.54, 1.807) is 6.07 Å². The van der Waals surface area contributed by atoms with Gasteiger partial charge >= 0.3 is 109 Å². The average molecular weight is 359 g/mol. The zero-order valence-electron chi connectivity index (χ0n) is 10.0. The molecule has 1 spiro atoms. The molecule has 4 atom stereocenters. The summed E-state index contributed by atoms with van der Waals surface area (Å²) in [5.74, 6) is 0.00849. The van der Waals surface area contributed by atoms with E-state index in [0.29, 0.717) is 4.31 Å². The third kappa shape index (κ3) is 0.0878. The Balaban J connectivity index is 1.55. The van der Waals surface area contributed by atoms with Crippen molar-refractivity contribution in [2.24, 2.45) is 0 Å². The summed E-state index contributed by atoms with van der Waals surface area (Å²) in [6, 6.07) is 5.58. The van der Waals surface area contributed by atoms with Gasteiger partial charge < -0.3 is 0 Å². The molecular formula is C16H12BrFFe. The fraction of sp³-hybridized carbons (Fsp3) is 0.625. The fourth-order valence-electron chi connectivity index (χ4n) is 17.7. The molecule has 98 valence electrons. The van der Waals surface area contributed by atoms with Crippen molar-refractivity contribution in [3.05, 3.63) is 34.1 Å². The van der Waals surface area contributed by atoms with Gasteiger partial charge in [-0.2, -0.15) is 0 Å². The Morgan fingerprint density at radius 1 is 0.947 bits per heavy atom. The van der Waals surface area contributed by atoms with Crippen LogP contribution in [0, 0.1) is 5.82 Å². The molecule has 10 saturated heterocycles. The van der Waals surface area contributed by atoms with E-state index in [1.807, 2.05) is 12.1 Å². The van der Waals surface area contributed by atoms with E-state index >= 15 is 0 Å². The zero-order valence-corrected chi connectivity index (χ0v) is 12.7. The molecule has 0 aromatic heterocycles. The van der Waals surface area contributed by atoms with Crippen molar-refractivity contribution in [2.45, 2.75) is 47.7 Å². The Hall–Kier alpha value is 0.149. The van der Waals surface area contributed by atoms with Crippen LogP contribution in [0.25, 0.3) is 0 Å². The fourth-order valence-corrected chi connectivity index (χ4v) is 92.6. The molecule has 10 aliphatic heterocycles. The van der Waals surface area contributed by atoms with Crippen LogP contribution in [0.15, 0.2) is 22.7 Å². The van der Waals surface area contributed by atoms with Crippen LogP contribution >= 0.6 is 15.9 Å². The van der Waals surface area contributed by atoms with Crippen molar-refractivity contribution in [2.75, 3.05) is 0 Å². The molecule has 0 amide bonds. The summed E-state index contributed by atoms with van der Waals surface area (Å²) in [5.41, 5.74) is 1.49. The molecule has 0 radical (unpaired) electrons. The zero-order chi connectivity index (χ0) is 11.9. The topological polar surface area (TPSA) is 0 Å². The van der Waals surface area contributed by atoms with Crippen LogP contribution in [0.4, 0.5) is 4.39 Å². The Morgan fingerprint density at radius 3 is 1.95 bits per heavy atom. The van der Waals surface area contributed by atoms with Crippen LogP contribution in [-0.2, 0) is 10.8 Å². The number of hydrogen-bond acceptors (Lipinski definition) is 0. The SMILES string of the molecule is Fc1ccc(Br)c([C]23[CH]4[CH]5[CH]6[CH]2[Fe]56432789[CH]3[CH]2[CH]7[CH]8[CH]39)c1. The maximum absolute atomic E-state index is 13.9. The number of fused-ring (bicyclic) bond motifs is 10. The van der Waals surface area contributed by atoms with E-state index in [1.165, 1.54) is 53.4 Å². The summed E-state index contributed by atoms with van der Waals surface area (Å²) in [5, 5.41) is 0.